The van der Waals surface area contributed by atoms with Gasteiger partial charge in [-0.3, -0.25) is 4.79 Å². The Hall–Kier alpha value is -1.03. The van der Waals surface area contributed by atoms with Gasteiger partial charge in [0.1, 0.15) is 17.1 Å². The SMILES string of the molecule is CC(=O)OSc1ccccn1. The number of hydrogen-bond acceptors (Lipinski definition) is 4. The number of rotatable bonds is 2. The van der Waals surface area contributed by atoms with E-state index in [1.807, 2.05) is 6.07 Å². The third-order valence-corrected chi connectivity index (χ3v) is 1.61. The van der Waals surface area contributed by atoms with Crippen molar-refractivity contribution in [2.24, 2.45) is 0 Å². The zero-order chi connectivity index (χ0) is 8.10. The van der Waals surface area contributed by atoms with Crippen molar-refractivity contribution in [1.29, 1.82) is 0 Å². The van der Waals surface area contributed by atoms with E-state index in [2.05, 4.69) is 9.17 Å². The molecule has 58 valence electrons. The first-order chi connectivity index (χ1) is 5.29. The monoisotopic (exact) mass is 169 g/mol. The maximum atomic E-state index is 10.3. The van der Waals surface area contributed by atoms with Crippen molar-refractivity contribution in [2.45, 2.75) is 11.9 Å². The van der Waals surface area contributed by atoms with Gasteiger partial charge >= 0.3 is 5.97 Å². The predicted octanol–water partition coefficient (Wildman–Crippen LogP) is 1.65. The molecule has 0 amide bonds. The molecule has 0 radical (unpaired) electrons. The normalized spacial score (nSPS) is 9.18. The lowest BCUT2D eigenvalue weighted by Gasteiger charge is -1.96. The molecule has 0 saturated carbocycles. The van der Waals surface area contributed by atoms with Gasteiger partial charge in [0, 0.05) is 13.1 Å². The summed E-state index contributed by atoms with van der Waals surface area (Å²) in [4.78, 5) is 14.3. The standard InChI is InChI=1S/C7H7NO2S/c1-6(9)10-11-7-4-2-3-5-8-7/h2-5H,1H3. The number of aromatic nitrogens is 1. The lowest BCUT2D eigenvalue weighted by atomic mass is 10.5. The molecular weight excluding hydrogens is 162 g/mol. The number of carbonyl (C=O) groups excluding carboxylic acids is 1. The molecule has 1 rings (SSSR count). The summed E-state index contributed by atoms with van der Waals surface area (Å²) in [5.41, 5.74) is 0. The Kier molecular flexibility index (Phi) is 2.92. The largest absolute Gasteiger partial charge is 0.385 e. The van der Waals surface area contributed by atoms with Crippen molar-refractivity contribution in [1.82, 2.24) is 4.98 Å². The average Bonchev–Trinajstić information content (AvgIpc) is 2.03. The third-order valence-electron chi connectivity index (χ3n) is 0.882. The van der Waals surface area contributed by atoms with Gasteiger partial charge in [0.2, 0.25) is 0 Å². The molecule has 0 N–H and O–H groups in total. The fourth-order valence-electron chi connectivity index (χ4n) is 0.498. The average molecular weight is 169 g/mol. The molecule has 0 aliphatic rings. The van der Waals surface area contributed by atoms with E-state index >= 15 is 0 Å². The van der Waals surface area contributed by atoms with Crippen LogP contribution in [-0.2, 0) is 8.98 Å². The predicted molar refractivity (Wildman–Crippen MR) is 41.9 cm³/mol. The van der Waals surface area contributed by atoms with E-state index in [0.717, 1.165) is 12.0 Å². The Labute approximate surface area is 69.0 Å². The fourth-order valence-corrected chi connectivity index (χ4v) is 0.939. The van der Waals surface area contributed by atoms with Gasteiger partial charge in [-0.2, -0.15) is 0 Å². The Bertz CT molecular complexity index is 237. The van der Waals surface area contributed by atoms with Crippen LogP contribution < -0.4 is 0 Å². The summed E-state index contributed by atoms with van der Waals surface area (Å²) >= 11 is 0.968. The highest BCUT2D eigenvalue weighted by Crippen LogP contribution is 2.14. The molecule has 0 fully saturated rings. The molecule has 3 nitrogen and oxygen atoms in total. The van der Waals surface area contributed by atoms with E-state index < -0.39 is 0 Å². The zero-order valence-electron chi connectivity index (χ0n) is 5.98. The highest BCUT2D eigenvalue weighted by atomic mass is 32.2. The van der Waals surface area contributed by atoms with E-state index in [9.17, 15) is 4.79 Å². The van der Waals surface area contributed by atoms with E-state index in [0.29, 0.717) is 5.03 Å². The van der Waals surface area contributed by atoms with Crippen molar-refractivity contribution < 1.29 is 8.98 Å². The molecule has 0 aromatic carbocycles. The first-order valence-corrected chi connectivity index (χ1v) is 3.79. The first-order valence-electron chi connectivity index (χ1n) is 3.05. The van der Waals surface area contributed by atoms with Crippen molar-refractivity contribution in [3.63, 3.8) is 0 Å². The number of carbonyl (C=O) groups is 1. The van der Waals surface area contributed by atoms with Gasteiger partial charge in [0.25, 0.3) is 0 Å². The Balaban J connectivity index is 2.45. The lowest BCUT2D eigenvalue weighted by molar-refractivity contribution is -0.130. The van der Waals surface area contributed by atoms with E-state index in [4.69, 9.17) is 0 Å². The second-order valence-electron chi connectivity index (χ2n) is 1.83. The molecule has 4 heteroatoms. The van der Waals surface area contributed by atoms with Gasteiger partial charge in [-0.25, -0.2) is 4.98 Å². The van der Waals surface area contributed by atoms with Gasteiger partial charge in [-0.15, -0.1) is 0 Å². The van der Waals surface area contributed by atoms with E-state index in [1.54, 1.807) is 18.3 Å². The van der Waals surface area contributed by atoms with Crippen molar-refractivity contribution in [3.05, 3.63) is 24.4 Å². The van der Waals surface area contributed by atoms with Crippen LogP contribution in [-0.4, -0.2) is 11.0 Å². The second-order valence-corrected chi connectivity index (χ2v) is 2.58. The summed E-state index contributed by atoms with van der Waals surface area (Å²) in [5, 5.41) is 0.683. The van der Waals surface area contributed by atoms with Crippen molar-refractivity contribution >= 4 is 18.0 Å². The van der Waals surface area contributed by atoms with Crippen molar-refractivity contribution in [2.75, 3.05) is 0 Å². The second kappa shape index (κ2) is 3.98. The Morgan fingerprint density at radius 1 is 1.64 bits per heavy atom. The number of nitrogens with zero attached hydrogens (tertiary/aromatic N) is 1. The minimum absolute atomic E-state index is 0.319. The lowest BCUT2D eigenvalue weighted by Crippen LogP contribution is -1.89. The molecule has 0 aliphatic carbocycles. The molecule has 0 saturated heterocycles. The zero-order valence-corrected chi connectivity index (χ0v) is 6.80. The Morgan fingerprint density at radius 3 is 3.00 bits per heavy atom. The molecule has 1 aromatic heterocycles. The number of hydrogen-bond donors (Lipinski definition) is 0. The molecular formula is C7H7NO2S. The summed E-state index contributed by atoms with van der Waals surface area (Å²) < 4.78 is 4.64. The molecule has 1 heterocycles. The highest BCUT2D eigenvalue weighted by molar-refractivity contribution is 7.95. The topological polar surface area (TPSA) is 39.2 Å². The molecule has 1 aromatic rings. The molecule has 0 spiro atoms. The van der Waals surface area contributed by atoms with Crippen LogP contribution in [0.3, 0.4) is 0 Å². The first kappa shape index (κ1) is 8.07. The van der Waals surface area contributed by atoms with Crippen LogP contribution in [0.4, 0.5) is 0 Å². The third kappa shape index (κ3) is 3.04. The summed E-state index contributed by atoms with van der Waals surface area (Å²) in [6.07, 6.45) is 1.64. The van der Waals surface area contributed by atoms with Gasteiger partial charge in [0.15, 0.2) is 0 Å². The van der Waals surface area contributed by atoms with Gasteiger partial charge in [-0.1, -0.05) is 6.07 Å². The summed E-state index contributed by atoms with van der Waals surface area (Å²) in [5.74, 6) is -0.319. The quantitative estimate of drug-likeness (QED) is 0.631. The highest BCUT2D eigenvalue weighted by Gasteiger charge is 1.96. The number of pyridine rings is 1. The van der Waals surface area contributed by atoms with Gasteiger partial charge < -0.3 is 4.18 Å². The smallest absolute Gasteiger partial charge is 0.315 e. The van der Waals surface area contributed by atoms with Gasteiger partial charge in [-0.05, 0) is 12.1 Å². The maximum absolute atomic E-state index is 10.3. The van der Waals surface area contributed by atoms with Gasteiger partial charge in [0.05, 0.1) is 0 Å². The maximum Gasteiger partial charge on any atom is 0.315 e. The summed E-state index contributed by atoms with van der Waals surface area (Å²) in [6.45, 7) is 1.36. The van der Waals surface area contributed by atoms with Crippen LogP contribution in [0, 0.1) is 0 Å². The van der Waals surface area contributed by atoms with Crippen LogP contribution in [0.5, 0.6) is 0 Å². The molecule has 0 unspecified atom stereocenters. The molecule has 0 bridgehead atoms. The van der Waals surface area contributed by atoms with E-state index in [1.165, 1.54) is 6.92 Å². The minimum Gasteiger partial charge on any atom is -0.385 e. The van der Waals surface area contributed by atoms with Crippen LogP contribution in [0.15, 0.2) is 29.4 Å². The molecule has 0 aliphatic heterocycles. The molecule has 0 atom stereocenters. The van der Waals surface area contributed by atoms with Crippen LogP contribution in [0.2, 0.25) is 0 Å². The van der Waals surface area contributed by atoms with Crippen LogP contribution in [0.1, 0.15) is 6.92 Å². The van der Waals surface area contributed by atoms with Crippen molar-refractivity contribution in [3.8, 4) is 0 Å². The summed E-state index contributed by atoms with van der Waals surface area (Å²) in [6, 6.07) is 5.41. The Morgan fingerprint density at radius 2 is 2.45 bits per heavy atom. The van der Waals surface area contributed by atoms with Crippen LogP contribution in [0.25, 0.3) is 0 Å². The van der Waals surface area contributed by atoms with Crippen LogP contribution >= 0.6 is 12.0 Å². The fraction of sp³-hybridized carbons (Fsp3) is 0.143. The minimum atomic E-state index is -0.319. The van der Waals surface area contributed by atoms with E-state index in [-0.39, 0.29) is 5.97 Å². The molecule has 11 heavy (non-hydrogen) atoms. The summed E-state index contributed by atoms with van der Waals surface area (Å²) in [7, 11) is 0.